The summed E-state index contributed by atoms with van der Waals surface area (Å²) < 4.78 is 31.1. The molecule has 0 fully saturated rings. The Kier molecular flexibility index (Phi) is 6.99. The third-order valence-corrected chi connectivity index (χ3v) is 4.23. The smallest absolute Gasteiger partial charge is 0.242 e. The number of hydrogen-bond acceptors (Lipinski definition) is 4. The molecule has 0 spiro atoms. The highest BCUT2D eigenvalue weighted by Gasteiger charge is 2.17. The van der Waals surface area contributed by atoms with Gasteiger partial charge in [-0.15, -0.1) is 0 Å². The highest BCUT2D eigenvalue weighted by molar-refractivity contribution is 7.89. The lowest BCUT2D eigenvalue weighted by Crippen LogP contribution is -2.27. The SMILES string of the molecule is COCCNS(=O)(=O)c1ccc(C#CCCO)cc1Cl. The second-order valence-electron chi connectivity index (χ2n) is 3.81. The summed E-state index contributed by atoms with van der Waals surface area (Å²) in [7, 11) is -2.17. The van der Waals surface area contributed by atoms with Crippen LogP contribution in [0.3, 0.4) is 0 Å². The highest BCUT2D eigenvalue weighted by atomic mass is 35.5. The topological polar surface area (TPSA) is 75.6 Å². The third-order valence-electron chi connectivity index (χ3n) is 2.29. The number of halogens is 1. The number of hydrogen-bond donors (Lipinski definition) is 2. The Morgan fingerprint density at radius 1 is 1.45 bits per heavy atom. The minimum Gasteiger partial charge on any atom is -0.395 e. The number of ether oxygens (including phenoxy) is 1. The number of aliphatic hydroxyl groups excluding tert-OH is 1. The van der Waals surface area contributed by atoms with Crippen LogP contribution in [0.1, 0.15) is 12.0 Å². The van der Waals surface area contributed by atoms with E-state index in [-0.39, 0.29) is 29.7 Å². The molecule has 2 N–H and O–H groups in total. The molecule has 20 heavy (non-hydrogen) atoms. The van der Waals surface area contributed by atoms with Crippen LogP contribution in [0.15, 0.2) is 23.1 Å². The van der Waals surface area contributed by atoms with Gasteiger partial charge in [-0.1, -0.05) is 23.4 Å². The van der Waals surface area contributed by atoms with E-state index in [1.54, 1.807) is 6.07 Å². The van der Waals surface area contributed by atoms with Crippen LogP contribution in [0.4, 0.5) is 0 Å². The van der Waals surface area contributed by atoms with E-state index in [4.69, 9.17) is 21.4 Å². The van der Waals surface area contributed by atoms with Gasteiger partial charge < -0.3 is 9.84 Å². The second-order valence-corrected chi connectivity index (χ2v) is 5.95. The average molecular weight is 318 g/mol. The number of rotatable bonds is 6. The van der Waals surface area contributed by atoms with Crippen LogP contribution in [0.5, 0.6) is 0 Å². The van der Waals surface area contributed by atoms with Gasteiger partial charge in [-0.2, -0.15) is 0 Å². The zero-order chi connectivity index (χ0) is 15.0. The molecule has 110 valence electrons. The van der Waals surface area contributed by atoms with Crippen molar-refractivity contribution in [2.24, 2.45) is 0 Å². The summed E-state index contributed by atoms with van der Waals surface area (Å²) in [5.74, 6) is 5.53. The Balaban J connectivity index is 2.90. The van der Waals surface area contributed by atoms with Crippen LogP contribution < -0.4 is 4.72 Å². The fraction of sp³-hybridized carbons (Fsp3) is 0.385. The van der Waals surface area contributed by atoms with Crippen LogP contribution in [0.25, 0.3) is 0 Å². The van der Waals surface area contributed by atoms with Crippen molar-refractivity contribution in [3.8, 4) is 11.8 Å². The van der Waals surface area contributed by atoms with Crippen molar-refractivity contribution in [1.82, 2.24) is 4.72 Å². The third kappa shape index (κ3) is 5.12. The summed E-state index contributed by atoms with van der Waals surface area (Å²) in [6.07, 6.45) is 0.357. The molecule has 0 aliphatic heterocycles. The quantitative estimate of drug-likeness (QED) is 0.606. The lowest BCUT2D eigenvalue weighted by atomic mass is 10.2. The number of nitrogens with one attached hydrogen (secondary N) is 1. The molecule has 5 nitrogen and oxygen atoms in total. The maximum atomic E-state index is 12.0. The van der Waals surface area contributed by atoms with Gasteiger partial charge in [0, 0.05) is 25.6 Å². The van der Waals surface area contributed by atoms with Crippen molar-refractivity contribution in [2.75, 3.05) is 26.9 Å². The van der Waals surface area contributed by atoms with Crippen molar-refractivity contribution in [1.29, 1.82) is 0 Å². The van der Waals surface area contributed by atoms with Crippen LogP contribution in [0.2, 0.25) is 5.02 Å². The van der Waals surface area contributed by atoms with Crippen molar-refractivity contribution < 1.29 is 18.3 Å². The Morgan fingerprint density at radius 2 is 2.20 bits per heavy atom. The molecule has 1 aromatic carbocycles. The molecular weight excluding hydrogens is 302 g/mol. The number of aliphatic hydroxyl groups is 1. The molecule has 0 aliphatic rings. The van der Waals surface area contributed by atoms with E-state index in [2.05, 4.69) is 16.6 Å². The fourth-order valence-corrected chi connectivity index (χ4v) is 2.93. The average Bonchev–Trinajstić information content (AvgIpc) is 2.39. The Hall–Kier alpha value is -1.10. The molecule has 0 bridgehead atoms. The van der Waals surface area contributed by atoms with E-state index < -0.39 is 10.0 Å². The van der Waals surface area contributed by atoms with Gasteiger partial charge in [0.15, 0.2) is 0 Å². The number of sulfonamides is 1. The Labute approximate surface area is 124 Å². The van der Waals surface area contributed by atoms with Gasteiger partial charge in [0.25, 0.3) is 0 Å². The molecule has 0 aromatic heterocycles. The van der Waals surface area contributed by atoms with E-state index in [9.17, 15) is 8.42 Å². The van der Waals surface area contributed by atoms with E-state index >= 15 is 0 Å². The molecule has 0 radical (unpaired) electrons. The van der Waals surface area contributed by atoms with Gasteiger partial charge in [-0.3, -0.25) is 0 Å². The number of methoxy groups -OCH3 is 1. The summed E-state index contributed by atoms with van der Waals surface area (Å²) in [6.45, 7) is 0.436. The van der Waals surface area contributed by atoms with Crippen molar-refractivity contribution in [3.05, 3.63) is 28.8 Å². The second kappa shape index (κ2) is 8.25. The van der Waals surface area contributed by atoms with Crippen LogP contribution in [-0.4, -0.2) is 40.4 Å². The maximum Gasteiger partial charge on any atom is 0.242 e. The lowest BCUT2D eigenvalue weighted by Gasteiger charge is -2.08. The van der Waals surface area contributed by atoms with E-state index in [1.165, 1.54) is 19.2 Å². The lowest BCUT2D eigenvalue weighted by molar-refractivity contribution is 0.204. The number of benzene rings is 1. The predicted molar refractivity (Wildman–Crippen MR) is 77.1 cm³/mol. The van der Waals surface area contributed by atoms with E-state index in [0.717, 1.165) is 0 Å². The molecule has 1 rings (SSSR count). The van der Waals surface area contributed by atoms with Crippen LogP contribution in [-0.2, 0) is 14.8 Å². The standard InChI is InChI=1S/C13H16ClNO4S/c1-19-9-7-15-20(17,18)13-6-5-11(10-12(13)14)4-2-3-8-16/h5-6,10,15-16H,3,7-9H2,1H3. The fourth-order valence-electron chi connectivity index (χ4n) is 1.37. The van der Waals surface area contributed by atoms with Gasteiger partial charge >= 0.3 is 0 Å². The first-order chi connectivity index (χ1) is 9.51. The molecule has 7 heteroatoms. The molecular formula is C13H16ClNO4S. The van der Waals surface area contributed by atoms with Gasteiger partial charge in [0.2, 0.25) is 10.0 Å². The molecule has 0 unspecified atom stereocenters. The van der Waals surface area contributed by atoms with Crippen molar-refractivity contribution in [2.45, 2.75) is 11.3 Å². The van der Waals surface area contributed by atoms with Crippen LogP contribution >= 0.6 is 11.6 Å². The van der Waals surface area contributed by atoms with Gasteiger partial charge in [-0.05, 0) is 18.2 Å². The summed E-state index contributed by atoms with van der Waals surface area (Å²) >= 11 is 5.97. The minimum absolute atomic E-state index is 0.00276. The zero-order valence-electron chi connectivity index (χ0n) is 11.0. The van der Waals surface area contributed by atoms with Crippen LogP contribution in [0, 0.1) is 11.8 Å². The van der Waals surface area contributed by atoms with Crippen molar-refractivity contribution >= 4 is 21.6 Å². The van der Waals surface area contributed by atoms with Crippen molar-refractivity contribution in [3.63, 3.8) is 0 Å². The molecule has 0 saturated heterocycles. The first kappa shape index (κ1) is 17.0. The summed E-state index contributed by atoms with van der Waals surface area (Å²) in [4.78, 5) is 0.00276. The molecule has 0 heterocycles. The summed E-state index contributed by atoms with van der Waals surface area (Å²) in [6, 6.07) is 4.46. The molecule has 0 atom stereocenters. The highest BCUT2D eigenvalue weighted by Crippen LogP contribution is 2.22. The zero-order valence-corrected chi connectivity index (χ0v) is 12.6. The first-order valence-corrected chi connectivity index (χ1v) is 7.75. The summed E-state index contributed by atoms with van der Waals surface area (Å²) in [5, 5.41) is 8.73. The van der Waals surface area contributed by atoms with E-state index in [1.807, 2.05) is 0 Å². The van der Waals surface area contributed by atoms with Gasteiger partial charge in [-0.25, -0.2) is 13.1 Å². The molecule has 0 amide bonds. The predicted octanol–water partition coefficient (Wildman–Crippen LogP) is 0.999. The maximum absolute atomic E-state index is 12.0. The molecule has 0 aliphatic carbocycles. The minimum atomic E-state index is -3.66. The molecule has 1 aromatic rings. The first-order valence-electron chi connectivity index (χ1n) is 5.89. The van der Waals surface area contributed by atoms with Gasteiger partial charge in [0.1, 0.15) is 4.90 Å². The molecule has 0 saturated carbocycles. The largest absolute Gasteiger partial charge is 0.395 e. The Morgan fingerprint density at radius 3 is 2.80 bits per heavy atom. The van der Waals surface area contributed by atoms with Gasteiger partial charge in [0.05, 0.1) is 18.2 Å². The normalized spacial score (nSPS) is 10.9. The Bertz CT molecular complexity index is 605. The monoisotopic (exact) mass is 317 g/mol. The summed E-state index contributed by atoms with van der Waals surface area (Å²) in [5.41, 5.74) is 0.597. The van der Waals surface area contributed by atoms with E-state index in [0.29, 0.717) is 12.0 Å².